The average molecular weight is 771 g/mol. The van der Waals surface area contributed by atoms with Crippen LogP contribution in [0.4, 0.5) is 0 Å². The van der Waals surface area contributed by atoms with E-state index in [2.05, 4.69) is 64.6 Å². The summed E-state index contributed by atoms with van der Waals surface area (Å²) in [6.07, 6.45) is 3.71. The third-order valence-corrected chi connectivity index (χ3v) is 7.95. The molecule has 0 saturated carbocycles. The zero-order chi connectivity index (χ0) is 30.2. The molecule has 0 bridgehead atoms. The predicted molar refractivity (Wildman–Crippen MR) is 182 cm³/mol. The van der Waals surface area contributed by atoms with Gasteiger partial charge >= 0.3 is 0 Å². The van der Waals surface area contributed by atoms with Gasteiger partial charge in [0.15, 0.2) is 0 Å². The van der Waals surface area contributed by atoms with E-state index < -0.39 is 0 Å². The van der Waals surface area contributed by atoms with Crippen LogP contribution in [0.1, 0.15) is 5.56 Å². The van der Waals surface area contributed by atoms with Gasteiger partial charge in [-0.15, -0.1) is 71.8 Å². The molecule has 9 rings (SSSR count). The first-order chi connectivity index (χ1) is 22.2. The molecule has 4 nitrogen and oxygen atoms in total. The number of furan rings is 2. The first-order valence-electron chi connectivity index (χ1n) is 14.8. The second-order valence-electron chi connectivity index (χ2n) is 10.9. The Labute approximate surface area is 279 Å². The Morgan fingerprint density at radius 2 is 1.28 bits per heavy atom. The van der Waals surface area contributed by atoms with E-state index in [1.165, 1.54) is 5.56 Å². The molecular formula is C41H26IrN2O2-2. The van der Waals surface area contributed by atoms with Crippen molar-refractivity contribution in [3.63, 3.8) is 0 Å². The predicted octanol–water partition coefficient (Wildman–Crippen LogP) is 10.9. The van der Waals surface area contributed by atoms with Crippen LogP contribution in [0.3, 0.4) is 0 Å². The monoisotopic (exact) mass is 771 g/mol. The fraction of sp³-hybridized carbons (Fsp3) is 0.0244. The Morgan fingerprint density at radius 1 is 0.543 bits per heavy atom. The molecule has 4 heterocycles. The maximum atomic E-state index is 6.43. The van der Waals surface area contributed by atoms with Crippen LogP contribution < -0.4 is 0 Å². The minimum atomic E-state index is 0. The molecule has 4 aromatic heterocycles. The van der Waals surface area contributed by atoms with Gasteiger partial charge in [-0.3, -0.25) is 0 Å². The molecule has 0 unspecified atom stereocenters. The third-order valence-electron chi connectivity index (χ3n) is 7.95. The van der Waals surface area contributed by atoms with Gasteiger partial charge in [0.25, 0.3) is 0 Å². The number of fused-ring (bicyclic) bond motifs is 7. The van der Waals surface area contributed by atoms with Crippen LogP contribution in [-0.4, -0.2) is 9.97 Å². The van der Waals surface area contributed by atoms with Gasteiger partial charge in [-0.2, -0.15) is 0 Å². The summed E-state index contributed by atoms with van der Waals surface area (Å²) >= 11 is 0. The summed E-state index contributed by atoms with van der Waals surface area (Å²) in [7, 11) is 0. The van der Waals surface area contributed by atoms with Gasteiger partial charge in [0.1, 0.15) is 22.3 Å². The van der Waals surface area contributed by atoms with Crippen molar-refractivity contribution in [3.05, 3.63) is 157 Å². The summed E-state index contributed by atoms with van der Waals surface area (Å²) in [5.74, 6) is 0. The average Bonchev–Trinajstić information content (AvgIpc) is 3.68. The molecule has 0 aliphatic carbocycles. The molecule has 0 fully saturated rings. The minimum Gasteiger partial charge on any atom is -0.456 e. The Hall–Kier alpha value is -5.35. The van der Waals surface area contributed by atoms with Gasteiger partial charge < -0.3 is 18.8 Å². The van der Waals surface area contributed by atoms with Crippen molar-refractivity contribution in [2.45, 2.75) is 6.92 Å². The number of hydrogen-bond donors (Lipinski definition) is 0. The molecule has 5 aromatic carbocycles. The minimum absolute atomic E-state index is 0. The smallest absolute Gasteiger partial charge is 0.147 e. The van der Waals surface area contributed by atoms with Gasteiger partial charge in [-0.25, -0.2) is 0 Å². The Kier molecular flexibility index (Phi) is 8.02. The summed E-state index contributed by atoms with van der Waals surface area (Å²) in [6, 6.07) is 48.9. The van der Waals surface area contributed by atoms with Gasteiger partial charge in [0.05, 0.1) is 5.39 Å². The first-order valence-corrected chi connectivity index (χ1v) is 14.8. The Balaban J connectivity index is 0.000000204. The molecule has 0 aliphatic heterocycles. The molecule has 0 saturated heterocycles. The van der Waals surface area contributed by atoms with Crippen LogP contribution in [0.5, 0.6) is 0 Å². The first kappa shape index (κ1) is 29.4. The number of aryl methyl sites for hydroxylation is 1. The zero-order valence-electron chi connectivity index (χ0n) is 24.8. The van der Waals surface area contributed by atoms with Crippen molar-refractivity contribution in [2.75, 3.05) is 0 Å². The molecule has 223 valence electrons. The maximum Gasteiger partial charge on any atom is 0.147 e. The van der Waals surface area contributed by atoms with Crippen molar-refractivity contribution in [2.24, 2.45) is 0 Å². The SMILES string of the molecule is Cc1ccc(-c2[c-]cccc2)nc1.[Ir].[c-]1ccccc1-c1cc(-c2ccc3c(c2)oc2c3ccc3oc4ccccc4c32)ccn1. The van der Waals surface area contributed by atoms with Crippen LogP contribution in [0.15, 0.2) is 149 Å². The molecule has 0 amide bonds. The van der Waals surface area contributed by atoms with Crippen LogP contribution in [0.2, 0.25) is 0 Å². The number of rotatable bonds is 3. The summed E-state index contributed by atoms with van der Waals surface area (Å²) in [4.78, 5) is 8.84. The number of nitrogens with zero attached hydrogens (tertiary/aromatic N) is 2. The van der Waals surface area contributed by atoms with Crippen LogP contribution in [0, 0.1) is 19.1 Å². The van der Waals surface area contributed by atoms with E-state index in [9.17, 15) is 0 Å². The molecular weight excluding hydrogens is 745 g/mol. The molecule has 46 heavy (non-hydrogen) atoms. The van der Waals surface area contributed by atoms with E-state index in [0.29, 0.717) is 0 Å². The fourth-order valence-electron chi connectivity index (χ4n) is 5.71. The second-order valence-corrected chi connectivity index (χ2v) is 10.9. The standard InChI is InChI=1S/C29H16NO2.C12H10N.Ir/c1-2-6-18(7-3-1)24-16-20(14-15-30-24)19-10-11-21-22-12-13-26-28(29(22)32-27(21)17-19)23-8-4-5-9-25(23)31-26;1-10-7-8-12(13-9-10)11-5-3-2-4-6-11;/h1-6,8-17H;2-5,7-9H,1H3;/q2*-1;. The van der Waals surface area contributed by atoms with Crippen molar-refractivity contribution in [1.82, 2.24) is 9.97 Å². The normalized spacial score (nSPS) is 11.0. The van der Waals surface area contributed by atoms with E-state index in [1.54, 1.807) is 0 Å². The van der Waals surface area contributed by atoms with E-state index in [0.717, 1.165) is 77.5 Å². The molecule has 0 aliphatic rings. The van der Waals surface area contributed by atoms with Crippen LogP contribution in [0.25, 0.3) is 77.5 Å². The topological polar surface area (TPSA) is 52.1 Å². The quantitative estimate of drug-likeness (QED) is 0.168. The fourth-order valence-corrected chi connectivity index (χ4v) is 5.71. The molecule has 1 radical (unpaired) electrons. The summed E-state index contributed by atoms with van der Waals surface area (Å²) in [5.41, 5.74) is 10.7. The summed E-state index contributed by atoms with van der Waals surface area (Å²) < 4.78 is 12.5. The molecule has 0 spiro atoms. The van der Waals surface area contributed by atoms with Gasteiger partial charge in [-0.1, -0.05) is 42.5 Å². The summed E-state index contributed by atoms with van der Waals surface area (Å²) in [6.45, 7) is 2.03. The van der Waals surface area contributed by atoms with Crippen molar-refractivity contribution in [1.29, 1.82) is 0 Å². The summed E-state index contributed by atoms with van der Waals surface area (Å²) in [5, 5.41) is 4.30. The number of hydrogen-bond acceptors (Lipinski definition) is 4. The second kappa shape index (κ2) is 12.6. The van der Waals surface area contributed by atoms with Crippen molar-refractivity contribution < 1.29 is 28.9 Å². The van der Waals surface area contributed by atoms with Crippen molar-refractivity contribution in [3.8, 4) is 33.6 Å². The van der Waals surface area contributed by atoms with Crippen molar-refractivity contribution >= 4 is 43.9 Å². The van der Waals surface area contributed by atoms with Crippen LogP contribution in [-0.2, 0) is 20.1 Å². The van der Waals surface area contributed by atoms with Gasteiger partial charge in [-0.05, 0) is 71.4 Å². The number of para-hydroxylation sites is 1. The molecule has 5 heteroatoms. The van der Waals surface area contributed by atoms with E-state index in [-0.39, 0.29) is 20.1 Å². The van der Waals surface area contributed by atoms with E-state index in [1.807, 2.05) is 104 Å². The van der Waals surface area contributed by atoms with E-state index in [4.69, 9.17) is 8.83 Å². The molecule has 0 N–H and O–H groups in total. The third kappa shape index (κ3) is 5.52. The van der Waals surface area contributed by atoms with E-state index >= 15 is 0 Å². The maximum absolute atomic E-state index is 6.43. The number of aromatic nitrogens is 2. The Morgan fingerprint density at radius 3 is 2.04 bits per heavy atom. The number of benzene rings is 5. The molecule has 9 aromatic rings. The number of pyridine rings is 2. The van der Waals surface area contributed by atoms with Gasteiger partial charge in [0.2, 0.25) is 0 Å². The van der Waals surface area contributed by atoms with Crippen LogP contribution >= 0.6 is 0 Å². The molecule has 0 atom stereocenters. The zero-order valence-corrected chi connectivity index (χ0v) is 27.2. The largest absolute Gasteiger partial charge is 0.456 e. The Bertz CT molecular complexity index is 2430. The van der Waals surface area contributed by atoms with Gasteiger partial charge in [0, 0.05) is 48.7 Å².